The van der Waals surface area contributed by atoms with Gasteiger partial charge >= 0.3 is 6.09 Å². The molecule has 0 aliphatic heterocycles. The highest BCUT2D eigenvalue weighted by molar-refractivity contribution is 6.45. The van der Waals surface area contributed by atoms with Gasteiger partial charge in [-0.05, 0) is 53.1 Å². The summed E-state index contributed by atoms with van der Waals surface area (Å²) >= 11 is 12.5. The van der Waals surface area contributed by atoms with E-state index in [-0.39, 0.29) is 0 Å². The molecule has 2 aromatic rings. The summed E-state index contributed by atoms with van der Waals surface area (Å²) in [6, 6.07) is 5.34. The second-order valence-electron chi connectivity index (χ2n) is 7.53. The van der Waals surface area contributed by atoms with E-state index in [2.05, 4.69) is 20.5 Å². The monoisotopic (exact) mass is 412 g/mol. The number of likely N-dealkylation sites (N-methyl/N-ethyl adjacent to an activating group) is 1. The minimum absolute atomic E-state index is 0.342. The lowest BCUT2D eigenvalue weighted by Crippen LogP contribution is -2.27. The molecule has 0 unspecified atom stereocenters. The summed E-state index contributed by atoms with van der Waals surface area (Å²) in [7, 11) is 4.05. The zero-order valence-corrected chi connectivity index (χ0v) is 17.8. The van der Waals surface area contributed by atoms with Crippen LogP contribution < -0.4 is 10.6 Å². The third-order valence-electron chi connectivity index (χ3n) is 3.60. The van der Waals surface area contributed by atoms with Crippen molar-refractivity contribution in [2.75, 3.05) is 32.5 Å². The molecule has 0 bridgehead atoms. The van der Waals surface area contributed by atoms with E-state index in [1.165, 1.54) is 0 Å². The summed E-state index contributed by atoms with van der Waals surface area (Å²) in [6.07, 6.45) is -0.571. The Morgan fingerprint density at radius 3 is 2.59 bits per heavy atom. The Balaban J connectivity index is 2.28. The first-order chi connectivity index (χ1) is 12.6. The summed E-state index contributed by atoms with van der Waals surface area (Å²) in [4.78, 5) is 18.9. The van der Waals surface area contributed by atoms with Crippen LogP contribution in [0.3, 0.4) is 0 Å². The number of pyridine rings is 1. The number of nitrogens with zero attached hydrogens (tertiary/aromatic N) is 2. The number of rotatable bonds is 6. The normalized spacial score (nSPS) is 11.9. The fraction of sp³-hybridized carbons (Fsp3) is 0.474. The number of anilines is 1. The van der Waals surface area contributed by atoms with Gasteiger partial charge in [0.1, 0.15) is 5.60 Å². The Labute approximate surface area is 170 Å². The van der Waals surface area contributed by atoms with Crippen LogP contribution >= 0.6 is 23.2 Å². The molecule has 0 saturated carbocycles. The maximum Gasteiger partial charge on any atom is 0.412 e. The molecule has 148 valence electrons. The van der Waals surface area contributed by atoms with Crippen LogP contribution in [0.25, 0.3) is 10.9 Å². The minimum Gasteiger partial charge on any atom is -0.444 e. The van der Waals surface area contributed by atoms with Crippen LogP contribution in [-0.2, 0) is 11.3 Å². The Kier molecular flexibility index (Phi) is 7.28. The van der Waals surface area contributed by atoms with E-state index < -0.39 is 11.7 Å². The smallest absolute Gasteiger partial charge is 0.412 e. The van der Waals surface area contributed by atoms with Crippen molar-refractivity contribution >= 4 is 45.9 Å². The maximum absolute atomic E-state index is 12.2. The highest BCUT2D eigenvalue weighted by atomic mass is 35.5. The van der Waals surface area contributed by atoms with Crippen LogP contribution in [0.1, 0.15) is 26.5 Å². The number of fused-ring (bicyclic) bond motifs is 1. The number of hydrogen-bond acceptors (Lipinski definition) is 5. The van der Waals surface area contributed by atoms with Gasteiger partial charge < -0.3 is 15.0 Å². The second-order valence-corrected chi connectivity index (χ2v) is 8.31. The molecule has 1 heterocycles. The number of nitrogens with one attached hydrogen (secondary N) is 2. The zero-order chi connectivity index (χ0) is 20.2. The second kappa shape index (κ2) is 9.06. The van der Waals surface area contributed by atoms with Gasteiger partial charge in [-0.2, -0.15) is 0 Å². The lowest BCUT2D eigenvalue weighted by molar-refractivity contribution is 0.0636. The lowest BCUT2D eigenvalue weighted by Gasteiger charge is -2.20. The predicted molar refractivity (Wildman–Crippen MR) is 112 cm³/mol. The molecule has 0 radical (unpaired) electrons. The van der Waals surface area contributed by atoms with Crippen molar-refractivity contribution in [3.05, 3.63) is 33.9 Å². The highest BCUT2D eigenvalue weighted by Crippen LogP contribution is 2.35. The van der Waals surface area contributed by atoms with Crippen molar-refractivity contribution in [3.8, 4) is 0 Å². The van der Waals surface area contributed by atoms with Gasteiger partial charge in [-0.25, -0.2) is 9.78 Å². The fourth-order valence-electron chi connectivity index (χ4n) is 2.40. The van der Waals surface area contributed by atoms with E-state index in [1.807, 2.05) is 26.2 Å². The third-order valence-corrected chi connectivity index (χ3v) is 4.40. The third kappa shape index (κ3) is 6.50. The topological polar surface area (TPSA) is 66.5 Å². The summed E-state index contributed by atoms with van der Waals surface area (Å²) in [5.74, 6) is 0. The number of benzene rings is 1. The summed E-state index contributed by atoms with van der Waals surface area (Å²) < 4.78 is 5.32. The molecule has 2 rings (SSSR count). The molecule has 0 atom stereocenters. The molecule has 6 nitrogen and oxygen atoms in total. The molecule has 2 N–H and O–H groups in total. The molecular formula is C19H26Cl2N4O2. The Morgan fingerprint density at radius 1 is 1.26 bits per heavy atom. The van der Waals surface area contributed by atoms with Gasteiger partial charge in [0.05, 0.1) is 26.9 Å². The quantitative estimate of drug-likeness (QED) is 0.681. The van der Waals surface area contributed by atoms with E-state index in [1.54, 1.807) is 26.8 Å². The van der Waals surface area contributed by atoms with E-state index in [0.717, 1.165) is 18.8 Å². The molecule has 8 heteroatoms. The van der Waals surface area contributed by atoms with E-state index in [0.29, 0.717) is 33.2 Å². The molecule has 1 amide bonds. The first-order valence-corrected chi connectivity index (χ1v) is 9.45. The summed E-state index contributed by atoms with van der Waals surface area (Å²) in [6.45, 7) is 7.79. The first kappa shape index (κ1) is 21.7. The van der Waals surface area contributed by atoms with Gasteiger partial charge in [-0.3, -0.25) is 5.32 Å². The van der Waals surface area contributed by atoms with Crippen LogP contribution in [-0.4, -0.2) is 48.8 Å². The highest BCUT2D eigenvalue weighted by Gasteiger charge is 2.19. The van der Waals surface area contributed by atoms with Crippen LogP contribution in [0, 0.1) is 0 Å². The molecule has 27 heavy (non-hydrogen) atoms. The molecule has 0 aliphatic rings. The molecule has 0 fully saturated rings. The van der Waals surface area contributed by atoms with E-state index >= 15 is 0 Å². The van der Waals surface area contributed by atoms with Crippen molar-refractivity contribution < 1.29 is 9.53 Å². The van der Waals surface area contributed by atoms with E-state index in [4.69, 9.17) is 27.9 Å². The molecular weight excluding hydrogens is 387 g/mol. The summed E-state index contributed by atoms with van der Waals surface area (Å²) in [5.41, 5.74) is 1.27. The lowest BCUT2D eigenvalue weighted by atomic mass is 10.1. The number of hydrogen-bond donors (Lipinski definition) is 2. The number of carbonyl (C=O) groups excluding carboxylic acids is 1. The average Bonchev–Trinajstić information content (AvgIpc) is 2.54. The van der Waals surface area contributed by atoms with Crippen LogP contribution in [0.5, 0.6) is 0 Å². The Hall–Kier alpha value is -1.60. The zero-order valence-electron chi connectivity index (χ0n) is 16.3. The average molecular weight is 413 g/mol. The van der Waals surface area contributed by atoms with Crippen LogP contribution in [0.15, 0.2) is 18.2 Å². The van der Waals surface area contributed by atoms with Gasteiger partial charge in [0.2, 0.25) is 0 Å². The Morgan fingerprint density at radius 2 is 1.96 bits per heavy atom. The molecule has 1 aromatic heterocycles. The maximum atomic E-state index is 12.2. The fourth-order valence-corrected chi connectivity index (χ4v) is 2.81. The molecule has 0 spiro atoms. The van der Waals surface area contributed by atoms with E-state index in [9.17, 15) is 4.79 Å². The standard InChI is InChI=1S/C19H26Cl2N4O2/c1-19(2,3)27-18(26)24-15-10-14(20)16(21)13-7-6-12(23-17(13)15)11-22-8-9-25(4)5/h6-7,10,22H,8-9,11H2,1-5H3,(H,24,26). The van der Waals surface area contributed by atoms with Crippen molar-refractivity contribution in [1.82, 2.24) is 15.2 Å². The van der Waals surface area contributed by atoms with Crippen molar-refractivity contribution in [3.63, 3.8) is 0 Å². The van der Waals surface area contributed by atoms with Gasteiger partial charge in [0.25, 0.3) is 0 Å². The Bertz CT molecular complexity index is 819. The van der Waals surface area contributed by atoms with Gasteiger partial charge in [0, 0.05) is 25.0 Å². The summed E-state index contributed by atoms with van der Waals surface area (Å²) in [5, 5.41) is 7.48. The molecule has 1 aromatic carbocycles. The van der Waals surface area contributed by atoms with Crippen LogP contribution in [0.4, 0.5) is 10.5 Å². The van der Waals surface area contributed by atoms with Gasteiger partial charge in [0.15, 0.2) is 0 Å². The van der Waals surface area contributed by atoms with Crippen molar-refractivity contribution in [1.29, 1.82) is 0 Å². The number of amides is 1. The van der Waals surface area contributed by atoms with Crippen molar-refractivity contribution in [2.45, 2.75) is 32.9 Å². The van der Waals surface area contributed by atoms with Crippen molar-refractivity contribution in [2.24, 2.45) is 0 Å². The SMILES string of the molecule is CN(C)CCNCc1ccc2c(Cl)c(Cl)cc(NC(=O)OC(C)(C)C)c2n1. The number of aromatic nitrogens is 1. The van der Waals surface area contributed by atoms with Crippen LogP contribution in [0.2, 0.25) is 10.0 Å². The number of ether oxygens (including phenoxy) is 1. The number of carbonyl (C=O) groups is 1. The number of halogens is 2. The first-order valence-electron chi connectivity index (χ1n) is 8.70. The van der Waals surface area contributed by atoms with Gasteiger partial charge in [-0.15, -0.1) is 0 Å². The largest absolute Gasteiger partial charge is 0.444 e. The molecule has 0 aliphatic carbocycles. The minimum atomic E-state index is -0.606. The predicted octanol–water partition coefficient (Wildman–Crippen LogP) is 4.54. The van der Waals surface area contributed by atoms with Gasteiger partial charge in [-0.1, -0.05) is 23.2 Å². The molecule has 0 saturated heterocycles.